The third-order valence-corrected chi connectivity index (χ3v) is 5.61. The molecule has 0 saturated heterocycles. The van der Waals surface area contributed by atoms with Crippen LogP contribution in [0.25, 0.3) is 0 Å². The lowest BCUT2D eigenvalue weighted by Crippen LogP contribution is -2.37. The van der Waals surface area contributed by atoms with Gasteiger partial charge in [-0.2, -0.15) is 0 Å². The Bertz CT molecular complexity index is 946. The van der Waals surface area contributed by atoms with Crippen LogP contribution in [0.5, 0.6) is 17.2 Å². The third-order valence-electron chi connectivity index (χ3n) is 5.24. The first-order chi connectivity index (χ1) is 14.5. The molecular weight excluding hydrogens is 428 g/mol. The van der Waals surface area contributed by atoms with Gasteiger partial charge < -0.3 is 19.7 Å². The molecule has 2 aromatic rings. The van der Waals surface area contributed by atoms with Crippen LogP contribution in [0.4, 0.5) is 0 Å². The van der Waals surface area contributed by atoms with Crippen molar-refractivity contribution >= 4 is 17.6 Å². The summed E-state index contributed by atoms with van der Waals surface area (Å²) in [4.78, 5) is 11.3. The zero-order chi connectivity index (χ0) is 24.5. The molecule has 0 spiro atoms. The average Bonchev–Trinajstić information content (AvgIpc) is 2.63. The molecule has 0 atom stereocenters. The van der Waals surface area contributed by atoms with Crippen LogP contribution >= 0.6 is 11.6 Å². The quantitative estimate of drug-likeness (QED) is 0.490. The van der Waals surface area contributed by atoms with Crippen molar-refractivity contribution in [1.29, 1.82) is 0 Å². The van der Waals surface area contributed by atoms with Crippen LogP contribution in [0.15, 0.2) is 30.3 Å². The second kappa shape index (κ2) is 9.22. The maximum Gasteiger partial charge on any atom is 0.347 e. The van der Waals surface area contributed by atoms with Gasteiger partial charge in [-0.3, -0.25) is 0 Å². The number of aliphatic carboxylic acids is 1. The Morgan fingerprint density at radius 2 is 1.44 bits per heavy atom. The number of carboxylic acid groups (broad SMARTS) is 1. The molecule has 176 valence electrons. The molecular formula is C26H35ClO5. The lowest BCUT2D eigenvalue weighted by molar-refractivity contribution is -0.152. The largest absolute Gasteiger partial charge is 0.507 e. The summed E-state index contributed by atoms with van der Waals surface area (Å²) in [7, 11) is 0. The highest BCUT2D eigenvalue weighted by Crippen LogP contribution is 2.41. The van der Waals surface area contributed by atoms with Crippen LogP contribution in [-0.2, 0) is 22.0 Å². The minimum atomic E-state index is -1.35. The van der Waals surface area contributed by atoms with Crippen molar-refractivity contribution in [2.75, 3.05) is 6.61 Å². The van der Waals surface area contributed by atoms with E-state index in [9.17, 15) is 15.0 Å². The van der Waals surface area contributed by atoms with E-state index >= 15 is 0 Å². The summed E-state index contributed by atoms with van der Waals surface area (Å²) in [5, 5.41) is 20.7. The Morgan fingerprint density at radius 1 is 0.906 bits per heavy atom. The topological polar surface area (TPSA) is 76.0 Å². The van der Waals surface area contributed by atoms with Crippen LogP contribution in [0, 0.1) is 0 Å². The molecule has 6 heteroatoms. The molecule has 0 heterocycles. The summed E-state index contributed by atoms with van der Waals surface area (Å²) >= 11 is 6.34. The number of halogens is 1. The van der Waals surface area contributed by atoms with Crippen molar-refractivity contribution in [2.45, 2.75) is 78.2 Å². The van der Waals surface area contributed by atoms with Crippen molar-refractivity contribution < 1.29 is 24.5 Å². The molecule has 0 aromatic heterocycles. The Hall–Kier alpha value is -2.40. The van der Waals surface area contributed by atoms with E-state index in [-0.39, 0.29) is 10.8 Å². The Labute approximate surface area is 196 Å². The highest BCUT2D eigenvalue weighted by Gasteiger charge is 2.30. The zero-order valence-electron chi connectivity index (χ0n) is 20.3. The molecule has 2 N–H and O–H groups in total. The Morgan fingerprint density at radius 3 is 1.91 bits per heavy atom. The number of carboxylic acids is 1. The SMILES string of the molecule is CC(C)(Oc1ccc(Cl)c(CCOc2cc(C(C)(C)C)c(O)c(C(C)(C)C)c2)c1)C(=O)O. The van der Waals surface area contributed by atoms with Crippen molar-refractivity contribution in [2.24, 2.45) is 0 Å². The lowest BCUT2D eigenvalue weighted by Gasteiger charge is -2.28. The number of aromatic hydroxyl groups is 1. The molecule has 2 rings (SSSR count). The van der Waals surface area contributed by atoms with E-state index in [1.165, 1.54) is 13.8 Å². The fraction of sp³-hybridized carbons (Fsp3) is 0.500. The van der Waals surface area contributed by atoms with E-state index < -0.39 is 11.6 Å². The van der Waals surface area contributed by atoms with E-state index in [0.29, 0.717) is 35.3 Å². The van der Waals surface area contributed by atoms with Gasteiger partial charge in [-0.1, -0.05) is 53.1 Å². The normalized spacial score (nSPS) is 12.5. The number of carbonyl (C=O) groups is 1. The van der Waals surface area contributed by atoms with E-state index in [1.807, 2.05) is 12.1 Å². The van der Waals surface area contributed by atoms with Gasteiger partial charge in [0, 0.05) is 22.6 Å². The second-order valence-electron chi connectivity index (χ2n) is 10.6. The first-order valence-electron chi connectivity index (χ1n) is 10.7. The maximum atomic E-state index is 11.3. The minimum Gasteiger partial charge on any atom is -0.507 e. The van der Waals surface area contributed by atoms with Gasteiger partial charge in [-0.15, -0.1) is 0 Å². The van der Waals surface area contributed by atoms with Crippen LogP contribution in [0.1, 0.15) is 72.1 Å². The predicted molar refractivity (Wildman–Crippen MR) is 129 cm³/mol. The molecule has 0 bridgehead atoms. The van der Waals surface area contributed by atoms with Gasteiger partial charge in [0.25, 0.3) is 0 Å². The number of hydrogen-bond acceptors (Lipinski definition) is 4. The fourth-order valence-corrected chi connectivity index (χ4v) is 3.47. The van der Waals surface area contributed by atoms with E-state index in [2.05, 4.69) is 41.5 Å². The summed E-state index contributed by atoms with van der Waals surface area (Å²) in [6.07, 6.45) is 0.514. The number of rotatable bonds is 7. The molecule has 0 saturated carbocycles. The summed E-state index contributed by atoms with van der Waals surface area (Å²) < 4.78 is 11.7. The first kappa shape index (κ1) is 25.9. The van der Waals surface area contributed by atoms with Gasteiger partial charge in [0.05, 0.1) is 6.61 Å². The molecule has 32 heavy (non-hydrogen) atoms. The van der Waals surface area contributed by atoms with E-state index in [0.717, 1.165) is 16.7 Å². The Balaban J connectivity index is 2.23. The predicted octanol–water partition coefficient (Wildman–Crippen LogP) is 6.50. The molecule has 0 fully saturated rings. The van der Waals surface area contributed by atoms with Crippen molar-refractivity contribution in [1.82, 2.24) is 0 Å². The monoisotopic (exact) mass is 462 g/mol. The van der Waals surface area contributed by atoms with Gasteiger partial charge in [0.1, 0.15) is 17.2 Å². The van der Waals surface area contributed by atoms with Gasteiger partial charge in [-0.25, -0.2) is 4.79 Å². The molecule has 5 nitrogen and oxygen atoms in total. The van der Waals surface area contributed by atoms with Gasteiger partial charge in [0.15, 0.2) is 5.60 Å². The molecule has 0 radical (unpaired) electrons. The smallest absolute Gasteiger partial charge is 0.347 e. The molecule has 0 aliphatic carbocycles. The minimum absolute atomic E-state index is 0.241. The van der Waals surface area contributed by atoms with Crippen LogP contribution in [0.2, 0.25) is 5.02 Å². The lowest BCUT2D eigenvalue weighted by atomic mass is 9.79. The molecule has 2 aromatic carbocycles. The number of ether oxygens (including phenoxy) is 2. The highest BCUT2D eigenvalue weighted by molar-refractivity contribution is 6.31. The van der Waals surface area contributed by atoms with Crippen molar-refractivity contribution in [3.05, 3.63) is 52.0 Å². The van der Waals surface area contributed by atoms with Crippen LogP contribution in [-0.4, -0.2) is 28.4 Å². The third kappa shape index (κ3) is 6.32. The number of benzene rings is 2. The first-order valence-corrected chi connectivity index (χ1v) is 11.1. The Kier molecular flexibility index (Phi) is 7.45. The number of phenolic OH excluding ortho intramolecular Hbond substituents is 1. The van der Waals surface area contributed by atoms with E-state index in [1.54, 1.807) is 18.2 Å². The summed E-state index contributed by atoms with van der Waals surface area (Å²) in [5.41, 5.74) is 0.648. The standard InChI is InChI=1S/C26H35ClO5/c1-24(2,3)19-14-18(15-20(22(19)28)25(4,5)6)31-12-11-16-13-17(9-10-21(16)27)32-26(7,8)23(29)30/h9-10,13-15,28H,11-12H2,1-8H3,(H,29,30). The van der Waals surface area contributed by atoms with Gasteiger partial charge in [0.2, 0.25) is 0 Å². The number of phenols is 1. The zero-order valence-corrected chi connectivity index (χ0v) is 21.1. The molecule has 0 unspecified atom stereocenters. The second-order valence-corrected chi connectivity index (χ2v) is 11.0. The summed E-state index contributed by atoms with van der Waals surface area (Å²) in [6.45, 7) is 15.7. The number of hydrogen-bond donors (Lipinski definition) is 2. The molecule has 0 aliphatic heterocycles. The van der Waals surface area contributed by atoms with Crippen LogP contribution in [0.3, 0.4) is 0 Å². The molecule has 0 aliphatic rings. The molecule has 0 amide bonds. The van der Waals surface area contributed by atoms with Crippen molar-refractivity contribution in [3.63, 3.8) is 0 Å². The fourth-order valence-electron chi connectivity index (χ4n) is 3.26. The highest BCUT2D eigenvalue weighted by atomic mass is 35.5. The summed E-state index contributed by atoms with van der Waals surface area (Å²) in [6, 6.07) is 8.87. The van der Waals surface area contributed by atoms with Gasteiger partial charge >= 0.3 is 5.97 Å². The summed E-state index contributed by atoms with van der Waals surface area (Å²) in [5.74, 6) is 0.389. The van der Waals surface area contributed by atoms with Crippen molar-refractivity contribution in [3.8, 4) is 17.2 Å². The van der Waals surface area contributed by atoms with E-state index in [4.69, 9.17) is 21.1 Å². The maximum absolute atomic E-state index is 11.3. The van der Waals surface area contributed by atoms with Crippen LogP contribution < -0.4 is 9.47 Å². The van der Waals surface area contributed by atoms with Gasteiger partial charge in [-0.05, 0) is 60.6 Å². The average molecular weight is 463 g/mol.